The van der Waals surface area contributed by atoms with Gasteiger partial charge in [-0.2, -0.15) is 0 Å². The summed E-state index contributed by atoms with van der Waals surface area (Å²) in [7, 11) is 0. The first-order chi connectivity index (χ1) is 14.6. The number of anilines is 2. The maximum Gasteiger partial charge on any atom is 0.320 e. The summed E-state index contributed by atoms with van der Waals surface area (Å²) in [6, 6.07) is 15.0. The van der Waals surface area contributed by atoms with Crippen LogP contribution in [0.4, 0.5) is 16.1 Å². The zero-order chi connectivity index (χ0) is 20.9. The third-order valence-electron chi connectivity index (χ3n) is 4.87. The normalized spacial score (nSPS) is 14.4. The van der Waals surface area contributed by atoms with Gasteiger partial charge >= 0.3 is 17.8 Å². The van der Waals surface area contributed by atoms with Gasteiger partial charge in [-0.15, -0.1) is 5.10 Å². The lowest BCUT2D eigenvalue weighted by atomic mass is 10.0. The highest BCUT2D eigenvalue weighted by Crippen LogP contribution is 2.19. The molecule has 0 saturated carbocycles. The summed E-state index contributed by atoms with van der Waals surface area (Å²) in [4.78, 5) is 26.7. The van der Waals surface area contributed by atoms with Gasteiger partial charge in [0.05, 0.1) is 5.69 Å². The van der Waals surface area contributed by atoms with E-state index in [1.807, 2.05) is 18.2 Å². The fourth-order valence-electron chi connectivity index (χ4n) is 3.28. The van der Waals surface area contributed by atoms with E-state index in [2.05, 4.69) is 20.8 Å². The molecule has 2 N–H and O–H groups in total. The van der Waals surface area contributed by atoms with Crippen LogP contribution in [0.3, 0.4) is 0 Å². The second kappa shape index (κ2) is 8.73. The third-order valence-corrected chi connectivity index (χ3v) is 4.87. The van der Waals surface area contributed by atoms with Crippen molar-refractivity contribution in [2.45, 2.75) is 18.9 Å². The van der Waals surface area contributed by atoms with Gasteiger partial charge < -0.3 is 20.0 Å². The minimum absolute atomic E-state index is 0.0128. The summed E-state index contributed by atoms with van der Waals surface area (Å²) in [6.45, 7) is 1.09. The lowest BCUT2D eigenvalue weighted by Gasteiger charge is -2.32. The van der Waals surface area contributed by atoms with Crippen LogP contribution in [0.2, 0.25) is 0 Å². The number of rotatable bonds is 5. The third kappa shape index (κ3) is 4.45. The Balaban J connectivity index is 1.30. The first-order valence-corrected chi connectivity index (χ1v) is 9.60. The molecule has 1 aliphatic heterocycles. The van der Waals surface area contributed by atoms with Crippen LogP contribution in [-0.4, -0.2) is 46.0 Å². The van der Waals surface area contributed by atoms with Crippen molar-refractivity contribution < 1.29 is 18.4 Å². The van der Waals surface area contributed by atoms with Crippen molar-refractivity contribution in [3.63, 3.8) is 0 Å². The topological polar surface area (TPSA) is 100 Å². The average molecular weight is 409 g/mol. The van der Waals surface area contributed by atoms with Gasteiger partial charge in [0.1, 0.15) is 5.82 Å². The Morgan fingerprint density at radius 3 is 2.43 bits per heavy atom. The van der Waals surface area contributed by atoms with Crippen LogP contribution in [0.15, 0.2) is 59.0 Å². The quantitative estimate of drug-likeness (QED) is 0.672. The lowest BCUT2D eigenvalue weighted by Crippen LogP contribution is -2.46. The minimum atomic E-state index is -0.503. The Morgan fingerprint density at radius 2 is 1.70 bits per heavy atom. The van der Waals surface area contributed by atoms with Crippen molar-refractivity contribution in [3.8, 4) is 0 Å². The number of aromatic nitrogens is 2. The van der Waals surface area contributed by atoms with Crippen LogP contribution >= 0.6 is 0 Å². The molecule has 0 aliphatic carbocycles. The van der Waals surface area contributed by atoms with Crippen molar-refractivity contribution in [2.24, 2.45) is 0 Å². The van der Waals surface area contributed by atoms with E-state index in [1.54, 1.807) is 29.2 Å². The Morgan fingerprint density at radius 1 is 1.00 bits per heavy atom. The smallest absolute Gasteiger partial charge is 0.320 e. The van der Waals surface area contributed by atoms with Crippen molar-refractivity contribution >= 4 is 23.5 Å². The van der Waals surface area contributed by atoms with Gasteiger partial charge in [0, 0.05) is 24.7 Å². The van der Waals surface area contributed by atoms with E-state index in [9.17, 15) is 14.0 Å². The Kier molecular flexibility index (Phi) is 5.69. The van der Waals surface area contributed by atoms with Crippen molar-refractivity contribution in [1.29, 1.82) is 0 Å². The van der Waals surface area contributed by atoms with Crippen LogP contribution in [-0.2, 0) is 0 Å². The number of nitrogens with one attached hydrogen (secondary N) is 2. The van der Waals surface area contributed by atoms with E-state index < -0.39 is 11.7 Å². The van der Waals surface area contributed by atoms with Crippen molar-refractivity contribution in [3.05, 3.63) is 71.9 Å². The summed E-state index contributed by atoms with van der Waals surface area (Å²) in [5.74, 6) is -1.20. The summed E-state index contributed by atoms with van der Waals surface area (Å²) >= 11 is 0. The monoisotopic (exact) mass is 409 g/mol. The number of halogens is 1. The summed E-state index contributed by atoms with van der Waals surface area (Å²) < 4.78 is 19.0. The standard InChI is InChI=1S/C21H20FN5O3/c22-16-8-4-5-9-17(16)24-21-26-25-19(30-21)18(28)23-15-10-12-27(13-11-15)20(29)14-6-2-1-3-7-14/h1-9,15H,10-13H2,(H,23,28)(H,24,26). The molecule has 0 unspecified atom stereocenters. The second-order valence-corrected chi connectivity index (χ2v) is 6.92. The van der Waals surface area contributed by atoms with E-state index >= 15 is 0 Å². The van der Waals surface area contributed by atoms with E-state index in [0.29, 0.717) is 31.5 Å². The molecule has 0 radical (unpaired) electrons. The largest absolute Gasteiger partial charge is 0.399 e. The van der Waals surface area contributed by atoms with Crippen LogP contribution in [0.5, 0.6) is 0 Å². The van der Waals surface area contributed by atoms with Gasteiger partial charge in [-0.25, -0.2) is 4.39 Å². The molecule has 2 aromatic carbocycles. The minimum Gasteiger partial charge on any atom is -0.399 e. The summed E-state index contributed by atoms with van der Waals surface area (Å²) in [5, 5.41) is 12.9. The Hall–Kier alpha value is -3.75. The lowest BCUT2D eigenvalue weighted by molar-refractivity contribution is 0.0695. The SMILES string of the molecule is O=C(NC1CCN(C(=O)c2ccccc2)CC1)c1nnc(Nc2ccccc2F)o1. The van der Waals surface area contributed by atoms with Gasteiger partial charge in [-0.3, -0.25) is 9.59 Å². The molecule has 154 valence electrons. The van der Waals surface area contributed by atoms with E-state index in [0.717, 1.165) is 0 Å². The number of hydrogen-bond acceptors (Lipinski definition) is 6. The van der Waals surface area contributed by atoms with Crippen molar-refractivity contribution in [2.75, 3.05) is 18.4 Å². The maximum atomic E-state index is 13.7. The Bertz CT molecular complexity index is 1030. The molecule has 1 aliphatic rings. The van der Waals surface area contributed by atoms with Crippen LogP contribution in [0.1, 0.15) is 33.9 Å². The number of para-hydroxylation sites is 1. The molecule has 9 heteroatoms. The number of likely N-dealkylation sites (tertiary alicyclic amines) is 1. The highest BCUT2D eigenvalue weighted by Gasteiger charge is 2.26. The van der Waals surface area contributed by atoms with Gasteiger partial charge in [0.2, 0.25) is 0 Å². The number of carbonyl (C=O) groups is 2. The molecule has 0 spiro atoms. The van der Waals surface area contributed by atoms with Gasteiger partial charge in [0.15, 0.2) is 0 Å². The molecule has 3 aromatic rings. The number of hydrogen-bond donors (Lipinski definition) is 2. The molecule has 1 fully saturated rings. The van der Waals surface area contributed by atoms with E-state index in [4.69, 9.17) is 4.42 Å². The summed E-state index contributed by atoms with van der Waals surface area (Å²) in [6.07, 6.45) is 1.25. The molecule has 1 aromatic heterocycles. The number of benzene rings is 2. The number of carbonyl (C=O) groups excluding carboxylic acids is 2. The number of amides is 2. The van der Waals surface area contributed by atoms with E-state index in [1.165, 1.54) is 12.1 Å². The molecule has 8 nitrogen and oxygen atoms in total. The predicted molar refractivity (Wildman–Crippen MR) is 107 cm³/mol. The highest BCUT2D eigenvalue weighted by atomic mass is 19.1. The van der Waals surface area contributed by atoms with Crippen LogP contribution in [0, 0.1) is 5.82 Å². The van der Waals surface area contributed by atoms with E-state index in [-0.39, 0.29) is 29.5 Å². The van der Waals surface area contributed by atoms with Gasteiger partial charge in [0.25, 0.3) is 5.91 Å². The molecular formula is C21H20FN5O3. The molecule has 4 rings (SSSR count). The predicted octanol–water partition coefficient (Wildman–Crippen LogP) is 2.99. The van der Waals surface area contributed by atoms with Crippen LogP contribution in [0.25, 0.3) is 0 Å². The first-order valence-electron chi connectivity index (χ1n) is 9.60. The zero-order valence-electron chi connectivity index (χ0n) is 16.0. The van der Waals surface area contributed by atoms with Gasteiger partial charge in [-0.05, 0) is 37.1 Å². The first kappa shape index (κ1) is 19.6. The highest BCUT2D eigenvalue weighted by molar-refractivity contribution is 5.94. The molecule has 1 saturated heterocycles. The van der Waals surface area contributed by atoms with Crippen LogP contribution < -0.4 is 10.6 Å². The molecule has 2 heterocycles. The van der Waals surface area contributed by atoms with Crippen molar-refractivity contribution in [1.82, 2.24) is 20.4 Å². The molecule has 0 bridgehead atoms. The maximum absolute atomic E-state index is 13.7. The molecular weight excluding hydrogens is 389 g/mol. The fraction of sp³-hybridized carbons (Fsp3) is 0.238. The zero-order valence-corrected chi connectivity index (χ0v) is 16.0. The number of piperidine rings is 1. The second-order valence-electron chi connectivity index (χ2n) is 6.92. The van der Waals surface area contributed by atoms with Gasteiger partial charge in [-0.1, -0.05) is 35.4 Å². The molecule has 2 amide bonds. The number of nitrogens with zero attached hydrogens (tertiary/aromatic N) is 3. The Labute approximate surface area is 172 Å². The molecule has 0 atom stereocenters. The summed E-state index contributed by atoms with van der Waals surface area (Å²) in [5.41, 5.74) is 0.823. The fourth-order valence-corrected chi connectivity index (χ4v) is 3.28. The molecule has 30 heavy (non-hydrogen) atoms. The average Bonchev–Trinajstić information content (AvgIpc) is 3.25.